The molecule has 2 rings (SSSR count). The van der Waals surface area contributed by atoms with Crippen molar-refractivity contribution in [2.45, 2.75) is 25.8 Å². The number of pyridine rings is 1. The van der Waals surface area contributed by atoms with Gasteiger partial charge in [-0.25, -0.2) is 4.39 Å². The van der Waals surface area contributed by atoms with E-state index >= 15 is 0 Å². The van der Waals surface area contributed by atoms with Crippen molar-refractivity contribution < 1.29 is 9.18 Å². The summed E-state index contributed by atoms with van der Waals surface area (Å²) in [6.07, 6.45) is 4.34. The number of carbonyl (C=O) groups is 1. The fourth-order valence-corrected chi connectivity index (χ4v) is 2.30. The summed E-state index contributed by atoms with van der Waals surface area (Å²) in [6.45, 7) is 4.38. The predicted octanol–water partition coefficient (Wildman–Crippen LogP) is 2.28. The lowest BCUT2D eigenvalue weighted by atomic mass is 10.1. The SMILES string of the molecule is CCCN(C(=O)c1ccncc1F)C1CCNC1.Cl.Cl. The molecule has 0 saturated carbocycles. The van der Waals surface area contributed by atoms with E-state index < -0.39 is 5.82 Å². The number of hydrogen-bond donors (Lipinski definition) is 1. The number of nitrogens with one attached hydrogen (secondary N) is 1. The first-order valence-corrected chi connectivity index (χ1v) is 6.35. The lowest BCUT2D eigenvalue weighted by molar-refractivity contribution is 0.0687. The van der Waals surface area contributed by atoms with Gasteiger partial charge in [-0.3, -0.25) is 9.78 Å². The molecule has 0 bridgehead atoms. The van der Waals surface area contributed by atoms with Gasteiger partial charge in [0.05, 0.1) is 11.8 Å². The molecule has 1 saturated heterocycles. The molecule has 0 aromatic carbocycles. The third-order valence-electron chi connectivity index (χ3n) is 3.20. The molecule has 20 heavy (non-hydrogen) atoms. The smallest absolute Gasteiger partial charge is 0.257 e. The van der Waals surface area contributed by atoms with Crippen LogP contribution < -0.4 is 5.32 Å². The maximum absolute atomic E-state index is 13.6. The van der Waals surface area contributed by atoms with E-state index in [9.17, 15) is 9.18 Å². The molecule has 1 N–H and O–H groups in total. The van der Waals surface area contributed by atoms with E-state index in [1.54, 1.807) is 4.90 Å². The van der Waals surface area contributed by atoms with Gasteiger partial charge in [0, 0.05) is 25.3 Å². The quantitative estimate of drug-likeness (QED) is 0.924. The van der Waals surface area contributed by atoms with E-state index in [1.807, 2.05) is 6.92 Å². The van der Waals surface area contributed by atoms with Crippen LogP contribution in [0.15, 0.2) is 18.5 Å². The Morgan fingerprint density at radius 1 is 1.55 bits per heavy atom. The first-order chi connectivity index (χ1) is 8.74. The molecule has 1 aliphatic heterocycles. The highest BCUT2D eigenvalue weighted by Crippen LogP contribution is 2.15. The maximum atomic E-state index is 13.6. The summed E-state index contributed by atoms with van der Waals surface area (Å²) in [4.78, 5) is 17.8. The van der Waals surface area contributed by atoms with Crippen LogP contribution in [0, 0.1) is 5.82 Å². The Hall–Kier alpha value is -0.910. The largest absolute Gasteiger partial charge is 0.334 e. The monoisotopic (exact) mass is 323 g/mol. The van der Waals surface area contributed by atoms with Gasteiger partial charge < -0.3 is 10.2 Å². The molecular formula is C13H20Cl2FN3O. The Labute approximate surface area is 131 Å². The lowest BCUT2D eigenvalue weighted by Crippen LogP contribution is -2.42. The summed E-state index contributed by atoms with van der Waals surface area (Å²) in [5.74, 6) is -0.778. The van der Waals surface area contributed by atoms with Gasteiger partial charge in [-0.1, -0.05) is 6.92 Å². The van der Waals surface area contributed by atoms with E-state index in [1.165, 1.54) is 12.3 Å². The zero-order valence-corrected chi connectivity index (χ0v) is 13.0. The van der Waals surface area contributed by atoms with Gasteiger partial charge in [0.15, 0.2) is 5.82 Å². The zero-order chi connectivity index (χ0) is 13.0. The Morgan fingerprint density at radius 3 is 2.85 bits per heavy atom. The summed E-state index contributed by atoms with van der Waals surface area (Å²) in [5.41, 5.74) is 0.116. The zero-order valence-electron chi connectivity index (χ0n) is 11.3. The van der Waals surface area contributed by atoms with Crippen molar-refractivity contribution in [2.24, 2.45) is 0 Å². The van der Waals surface area contributed by atoms with Crippen molar-refractivity contribution in [3.8, 4) is 0 Å². The van der Waals surface area contributed by atoms with Crippen molar-refractivity contribution in [3.63, 3.8) is 0 Å². The molecule has 1 aromatic rings. The highest BCUT2D eigenvalue weighted by molar-refractivity contribution is 5.94. The molecule has 1 aromatic heterocycles. The van der Waals surface area contributed by atoms with E-state index in [-0.39, 0.29) is 42.3 Å². The number of rotatable bonds is 4. The average molecular weight is 324 g/mol. The molecular weight excluding hydrogens is 304 g/mol. The molecule has 1 atom stereocenters. The molecule has 1 unspecified atom stereocenters. The van der Waals surface area contributed by atoms with Crippen LogP contribution in [-0.2, 0) is 0 Å². The van der Waals surface area contributed by atoms with Crippen molar-refractivity contribution in [3.05, 3.63) is 29.8 Å². The summed E-state index contributed by atoms with van der Waals surface area (Å²) < 4.78 is 13.6. The van der Waals surface area contributed by atoms with Crippen molar-refractivity contribution >= 4 is 30.7 Å². The third-order valence-corrected chi connectivity index (χ3v) is 3.20. The molecule has 114 valence electrons. The fraction of sp³-hybridized carbons (Fsp3) is 0.538. The molecule has 2 heterocycles. The van der Waals surface area contributed by atoms with Gasteiger partial charge in [-0.2, -0.15) is 0 Å². The van der Waals surface area contributed by atoms with Crippen molar-refractivity contribution in [1.29, 1.82) is 0 Å². The third kappa shape index (κ3) is 4.30. The molecule has 1 aliphatic rings. The van der Waals surface area contributed by atoms with Crippen LogP contribution in [0.3, 0.4) is 0 Å². The maximum Gasteiger partial charge on any atom is 0.257 e. The highest BCUT2D eigenvalue weighted by Gasteiger charge is 2.27. The van der Waals surface area contributed by atoms with Crippen molar-refractivity contribution in [1.82, 2.24) is 15.2 Å². The van der Waals surface area contributed by atoms with Gasteiger partial charge in [0.2, 0.25) is 0 Å². The Morgan fingerprint density at radius 2 is 2.30 bits per heavy atom. The number of nitrogens with zero attached hydrogens (tertiary/aromatic N) is 2. The predicted molar refractivity (Wildman–Crippen MR) is 81.3 cm³/mol. The van der Waals surface area contributed by atoms with Crippen LogP contribution in [0.1, 0.15) is 30.1 Å². The second-order valence-electron chi connectivity index (χ2n) is 4.50. The van der Waals surface area contributed by atoms with Crippen LogP contribution in [0.5, 0.6) is 0 Å². The summed E-state index contributed by atoms with van der Waals surface area (Å²) in [5, 5.41) is 3.23. The normalized spacial score (nSPS) is 17.0. The van der Waals surface area contributed by atoms with Gasteiger partial charge >= 0.3 is 0 Å². The van der Waals surface area contributed by atoms with E-state index in [2.05, 4.69) is 10.3 Å². The number of amides is 1. The minimum atomic E-state index is -0.547. The number of aromatic nitrogens is 1. The Balaban J connectivity index is 0.00000180. The first-order valence-electron chi connectivity index (χ1n) is 6.35. The second kappa shape index (κ2) is 9.10. The van der Waals surface area contributed by atoms with Gasteiger partial charge in [0.25, 0.3) is 5.91 Å². The van der Waals surface area contributed by atoms with Gasteiger partial charge in [0.1, 0.15) is 0 Å². The molecule has 0 aliphatic carbocycles. The summed E-state index contributed by atoms with van der Waals surface area (Å²) >= 11 is 0. The number of hydrogen-bond acceptors (Lipinski definition) is 3. The minimum absolute atomic E-state index is 0. The van der Waals surface area contributed by atoms with Crippen molar-refractivity contribution in [2.75, 3.05) is 19.6 Å². The number of halogens is 3. The lowest BCUT2D eigenvalue weighted by Gasteiger charge is -2.28. The summed E-state index contributed by atoms with van der Waals surface area (Å²) in [7, 11) is 0. The van der Waals surface area contributed by atoms with Gasteiger partial charge in [-0.15, -0.1) is 24.8 Å². The average Bonchev–Trinajstić information content (AvgIpc) is 2.89. The Bertz CT molecular complexity index is 428. The fourth-order valence-electron chi connectivity index (χ4n) is 2.30. The molecule has 0 radical (unpaired) electrons. The molecule has 1 fully saturated rings. The van der Waals surface area contributed by atoms with Crippen LogP contribution >= 0.6 is 24.8 Å². The first kappa shape index (κ1) is 19.1. The molecule has 0 spiro atoms. The van der Waals surface area contributed by atoms with E-state index in [4.69, 9.17) is 0 Å². The molecule has 1 amide bonds. The Kier molecular flexibility index (Phi) is 8.69. The van der Waals surface area contributed by atoms with Crippen LogP contribution in [0.25, 0.3) is 0 Å². The van der Waals surface area contributed by atoms with E-state index in [0.717, 1.165) is 32.1 Å². The number of carbonyl (C=O) groups excluding carboxylic acids is 1. The van der Waals surface area contributed by atoms with Crippen LogP contribution in [0.2, 0.25) is 0 Å². The minimum Gasteiger partial charge on any atom is -0.334 e. The second-order valence-corrected chi connectivity index (χ2v) is 4.50. The van der Waals surface area contributed by atoms with Gasteiger partial charge in [-0.05, 0) is 25.5 Å². The van der Waals surface area contributed by atoms with E-state index in [0.29, 0.717) is 6.54 Å². The van der Waals surface area contributed by atoms with Crippen LogP contribution in [0.4, 0.5) is 4.39 Å². The highest BCUT2D eigenvalue weighted by atomic mass is 35.5. The standard InChI is InChI=1S/C13H18FN3O.2ClH/c1-2-7-17(10-3-5-15-8-10)13(18)11-4-6-16-9-12(11)14;;/h4,6,9-10,15H,2-3,5,7-8H2,1H3;2*1H. The topological polar surface area (TPSA) is 45.2 Å². The molecule has 7 heteroatoms. The van der Waals surface area contributed by atoms with Crippen LogP contribution in [-0.4, -0.2) is 41.5 Å². The molecule has 4 nitrogen and oxygen atoms in total. The summed E-state index contributed by atoms with van der Waals surface area (Å²) in [6, 6.07) is 1.62.